The van der Waals surface area contributed by atoms with Gasteiger partial charge in [-0.05, 0) is 23.6 Å². The lowest BCUT2D eigenvalue weighted by atomic mass is 10.0. The van der Waals surface area contributed by atoms with Crippen LogP contribution in [0.25, 0.3) is 10.2 Å². The summed E-state index contributed by atoms with van der Waals surface area (Å²) in [6.45, 7) is 2.30. The van der Waals surface area contributed by atoms with E-state index >= 15 is 0 Å². The van der Waals surface area contributed by atoms with Crippen LogP contribution in [0, 0.1) is 0 Å². The third-order valence-electron chi connectivity index (χ3n) is 4.22. The number of nitrogens with one attached hydrogen (secondary N) is 1. The normalized spacial score (nSPS) is 11.9. The molecule has 0 fully saturated rings. The molecule has 0 aliphatic rings. The van der Waals surface area contributed by atoms with Gasteiger partial charge in [0.05, 0.1) is 21.6 Å². The second kappa shape index (κ2) is 9.28. The van der Waals surface area contributed by atoms with Gasteiger partial charge in [0.15, 0.2) is 6.61 Å². The van der Waals surface area contributed by atoms with Crippen LogP contribution >= 0.6 is 11.3 Å². The predicted octanol–water partition coefficient (Wildman–Crippen LogP) is 3.69. The van der Waals surface area contributed by atoms with E-state index in [0.717, 1.165) is 20.8 Å². The summed E-state index contributed by atoms with van der Waals surface area (Å²) in [6.07, 6.45) is 0.734. The van der Waals surface area contributed by atoms with E-state index in [1.54, 1.807) is 11.3 Å². The van der Waals surface area contributed by atoms with Crippen molar-refractivity contribution < 1.29 is 14.3 Å². The number of esters is 1. The minimum Gasteiger partial charge on any atom is -0.456 e. The minimum atomic E-state index is -0.388. The van der Waals surface area contributed by atoms with E-state index in [1.807, 2.05) is 61.5 Å². The number of aromatic nitrogens is 1. The monoisotopic (exact) mass is 382 g/mol. The van der Waals surface area contributed by atoms with Crippen LogP contribution in [-0.2, 0) is 20.7 Å². The first-order chi connectivity index (χ1) is 13.1. The third-order valence-corrected chi connectivity index (χ3v) is 5.32. The van der Waals surface area contributed by atoms with Crippen LogP contribution in [0.4, 0.5) is 0 Å². The summed E-state index contributed by atoms with van der Waals surface area (Å²) in [5, 5.41) is 3.70. The Kier molecular flexibility index (Phi) is 6.54. The first kappa shape index (κ1) is 19.0. The van der Waals surface area contributed by atoms with Crippen LogP contribution in [-0.4, -0.2) is 30.0 Å². The van der Waals surface area contributed by atoms with Gasteiger partial charge in [-0.15, -0.1) is 11.3 Å². The summed E-state index contributed by atoms with van der Waals surface area (Å²) in [6, 6.07) is 17.8. The Hall–Kier alpha value is -2.73. The lowest BCUT2D eigenvalue weighted by Gasteiger charge is -2.13. The van der Waals surface area contributed by atoms with Crippen LogP contribution in [0.5, 0.6) is 0 Å². The molecule has 0 unspecified atom stereocenters. The molecule has 0 aliphatic carbocycles. The number of nitrogens with zero attached hydrogens (tertiary/aromatic N) is 1. The summed E-state index contributed by atoms with van der Waals surface area (Å²) in [5.74, 6) is -0.475. The minimum absolute atomic E-state index is 0.199. The molecule has 0 radical (unpaired) electrons. The van der Waals surface area contributed by atoms with Crippen LogP contribution in [0.1, 0.15) is 29.8 Å². The van der Waals surface area contributed by atoms with E-state index in [2.05, 4.69) is 10.3 Å². The lowest BCUT2D eigenvalue weighted by Crippen LogP contribution is -2.31. The largest absolute Gasteiger partial charge is 0.456 e. The number of para-hydroxylation sites is 1. The van der Waals surface area contributed by atoms with Crippen LogP contribution in [0.3, 0.4) is 0 Å². The van der Waals surface area contributed by atoms with E-state index in [4.69, 9.17) is 4.74 Å². The second-order valence-corrected chi connectivity index (χ2v) is 7.47. The smallest absolute Gasteiger partial charge is 0.306 e. The van der Waals surface area contributed by atoms with E-state index in [9.17, 15) is 9.59 Å². The van der Waals surface area contributed by atoms with Crippen molar-refractivity contribution in [1.29, 1.82) is 0 Å². The molecule has 1 amide bonds. The summed E-state index contributed by atoms with van der Waals surface area (Å²) < 4.78 is 6.17. The number of benzene rings is 2. The lowest BCUT2D eigenvalue weighted by molar-refractivity contribution is -0.148. The highest BCUT2D eigenvalue weighted by Crippen LogP contribution is 2.22. The molecule has 0 spiro atoms. The quantitative estimate of drug-likeness (QED) is 0.603. The third kappa shape index (κ3) is 5.62. The number of hydrogen-bond acceptors (Lipinski definition) is 5. The SMILES string of the molecule is C[C@H](CNC(=O)COC(=O)CCc1nc2ccccc2s1)c1ccccc1. The fourth-order valence-corrected chi connectivity index (χ4v) is 3.64. The van der Waals surface area contributed by atoms with Crippen molar-refractivity contribution in [3.8, 4) is 0 Å². The maximum absolute atomic E-state index is 11.9. The van der Waals surface area contributed by atoms with Crippen molar-refractivity contribution in [2.24, 2.45) is 0 Å². The molecular formula is C21H22N2O3S. The van der Waals surface area contributed by atoms with Gasteiger partial charge in [0.2, 0.25) is 0 Å². The standard InChI is InChI=1S/C21H22N2O3S/c1-15(16-7-3-2-4-8-16)13-22-19(24)14-26-21(25)12-11-20-23-17-9-5-6-10-18(17)27-20/h2-10,15H,11-14H2,1H3,(H,22,24)/t15-/m1/s1. The van der Waals surface area contributed by atoms with Crippen molar-refractivity contribution in [3.05, 3.63) is 65.2 Å². The zero-order valence-electron chi connectivity index (χ0n) is 15.2. The summed E-state index contributed by atoms with van der Waals surface area (Å²) in [4.78, 5) is 28.2. The van der Waals surface area contributed by atoms with Crippen molar-refractivity contribution in [1.82, 2.24) is 10.3 Å². The summed E-state index contributed by atoms with van der Waals surface area (Å²) in [7, 11) is 0. The number of rotatable bonds is 8. The average molecular weight is 382 g/mol. The van der Waals surface area contributed by atoms with E-state index in [1.165, 1.54) is 0 Å². The second-order valence-electron chi connectivity index (χ2n) is 6.35. The molecule has 1 atom stereocenters. The first-order valence-corrected chi connectivity index (χ1v) is 9.75. The van der Waals surface area contributed by atoms with E-state index in [-0.39, 0.29) is 30.8 Å². The Morgan fingerprint density at radius 2 is 1.85 bits per heavy atom. The molecule has 6 heteroatoms. The van der Waals surface area contributed by atoms with E-state index < -0.39 is 0 Å². The molecule has 0 saturated heterocycles. The fourth-order valence-electron chi connectivity index (χ4n) is 2.67. The molecule has 1 N–H and O–H groups in total. The average Bonchev–Trinajstić information content (AvgIpc) is 3.12. The van der Waals surface area contributed by atoms with Crippen molar-refractivity contribution in [2.75, 3.05) is 13.2 Å². The highest BCUT2D eigenvalue weighted by molar-refractivity contribution is 7.18. The zero-order valence-corrected chi connectivity index (χ0v) is 16.0. The summed E-state index contributed by atoms with van der Waals surface area (Å²) >= 11 is 1.57. The molecule has 2 aromatic carbocycles. The molecule has 0 bridgehead atoms. The van der Waals surface area contributed by atoms with Crippen molar-refractivity contribution in [2.45, 2.75) is 25.7 Å². The van der Waals surface area contributed by atoms with Gasteiger partial charge in [0.25, 0.3) is 5.91 Å². The molecule has 5 nitrogen and oxygen atoms in total. The maximum atomic E-state index is 11.9. The topological polar surface area (TPSA) is 68.3 Å². The van der Waals surface area contributed by atoms with Gasteiger partial charge in [-0.1, -0.05) is 49.4 Å². The van der Waals surface area contributed by atoms with Crippen molar-refractivity contribution >= 4 is 33.4 Å². The van der Waals surface area contributed by atoms with Crippen LogP contribution < -0.4 is 5.32 Å². The van der Waals surface area contributed by atoms with Gasteiger partial charge in [-0.25, -0.2) is 4.98 Å². The van der Waals surface area contributed by atoms with E-state index in [0.29, 0.717) is 13.0 Å². The van der Waals surface area contributed by atoms with Gasteiger partial charge < -0.3 is 10.1 Å². The number of thiazole rings is 1. The summed E-state index contributed by atoms with van der Waals surface area (Å²) in [5.41, 5.74) is 2.10. The first-order valence-electron chi connectivity index (χ1n) is 8.93. The highest BCUT2D eigenvalue weighted by atomic mass is 32.1. The number of hydrogen-bond donors (Lipinski definition) is 1. The zero-order chi connectivity index (χ0) is 19.1. The molecule has 140 valence electrons. The molecule has 3 aromatic rings. The van der Waals surface area contributed by atoms with Gasteiger partial charge in [-0.3, -0.25) is 9.59 Å². The molecule has 1 heterocycles. The number of amides is 1. The Balaban J connectivity index is 1.36. The maximum Gasteiger partial charge on any atom is 0.306 e. The Morgan fingerprint density at radius 1 is 1.11 bits per heavy atom. The Bertz CT molecular complexity index is 875. The van der Waals surface area contributed by atoms with Crippen molar-refractivity contribution in [3.63, 3.8) is 0 Å². The highest BCUT2D eigenvalue weighted by Gasteiger charge is 2.11. The molecular weight excluding hydrogens is 360 g/mol. The van der Waals surface area contributed by atoms with Crippen LogP contribution in [0.15, 0.2) is 54.6 Å². The number of carbonyl (C=O) groups excluding carboxylic acids is 2. The molecule has 27 heavy (non-hydrogen) atoms. The molecule has 3 rings (SSSR count). The molecule has 0 aliphatic heterocycles. The molecule has 0 saturated carbocycles. The van der Waals surface area contributed by atoms with Gasteiger partial charge in [0, 0.05) is 13.0 Å². The fraction of sp³-hybridized carbons (Fsp3) is 0.286. The number of aryl methyl sites for hydroxylation is 1. The predicted molar refractivity (Wildman–Crippen MR) is 107 cm³/mol. The van der Waals surface area contributed by atoms with Gasteiger partial charge >= 0.3 is 5.97 Å². The number of ether oxygens (including phenoxy) is 1. The Labute approximate surface area is 162 Å². The van der Waals surface area contributed by atoms with Crippen LogP contribution in [0.2, 0.25) is 0 Å². The molecule has 1 aromatic heterocycles. The number of fused-ring (bicyclic) bond motifs is 1. The van der Waals surface area contributed by atoms with Gasteiger partial charge in [0.1, 0.15) is 0 Å². The Morgan fingerprint density at radius 3 is 2.63 bits per heavy atom. The number of carbonyl (C=O) groups is 2. The van der Waals surface area contributed by atoms with Gasteiger partial charge in [-0.2, -0.15) is 0 Å².